The summed E-state index contributed by atoms with van der Waals surface area (Å²) >= 11 is 9.59. The minimum Gasteiger partial charge on any atom is -0.748 e. The van der Waals surface area contributed by atoms with Crippen LogP contribution in [0.4, 0.5) is 11.4 Å². The topological polar surface area (TPSA) is 149 Å². The predicted molar refractivity (Wildman–Crippen MR) is 195 cm³/mol. The zero-order chi connectivity index (χ0) is 34.9. The van der Waals surface area contributed by atoms with E-state index in [1.54, 1.807) is 23.5 Å². The molecule has 0 atom stereocenters. The molecule has 0 bridgehead atoms. The second-order valence-electron chi connectivity index (χ2n) is 11.4. The molecule has 10 nitrogen and oxygen atoms in total. The van der Waals surface area contributed by atoms with E-state index in [9.17, 15) is 31.2 Å². The normalized spacial score (nSPS) is 14.5. The number of nitrogens with zero attached hydrogens (tertiary/aromatic N) is 4. The summed E-state index contributed by atoms with van der Waals surface area (Å²) in [5, 5.41) is 14.0. The maximum atomic E-state index is 11.5. The monoisotopic (exact) mass is 753 g/mol. The van der Waals surface area contributed by atoms with Crippen molar-refractivity contribution in [3.05, 3.63) is 93.5 Å². The second-order valence-corrected chi connectivity index (χ2v) is 16.8. The molecule has 0 N–H and O–H groups in total. The van der Waals surface area contributed by atoms with Crippen LogP contribution in [0.2, 0.25) is 5.02 Å². The molecule has 0 aliphatic carbocycles. The van der Waals surface area contributed by atoms with Crippen LogP contribution in [-0.2, 0) is 26.8 Å². The van der Waals surface area contributed by atoms with Gasteiger partial charge in [-0.3, -0.25) is 0 Å². The Morgan fingerprint density at radius 1 is 0.959 bits per heavy atom. The van der Waals surface area contributed by atoms with Crippen molar-refractivity contribution in [3.63, 3.8) is 0 Å². The summed E-state index contributed by atoms with van der Waals surface area (Å²) in [5.41, 5.74) is 4.75. The lowest BCUT2D eigenvalue weighted by atomic mass is 10.0. The van der Waals surface area contributed by atoms with E-state index >= 15 is 0 Å². The Kier molecular flexibility index (Phi) is 10.2. The molecular formula is C34H30ClN4O6S4-. The fourth-order valence-electron chi connectivity index (χ4n) is 6.05. The molecule has 1 aliphatic rings. The van der Waals surface area contributed by atoms with Crippen molar-refractivity contribution in [1.29, 1.82) is 5.26 Å². The number of nitriles is 1. The van der Waals surface area contributed by atoms with Crippen molar-refractivity contribution < 1.29 is 30.5 Å². The van der Waals surface area contributed by atoms with Gasteiger partial charge in [-0.2, -0.15) is 9.83 Å². The molecule has 0 saturated heterocycles. The minimum atomic E-state index is -4.42. The molecule has 49 heavy (non-hydrogen) atoms. The summed E-state index contributed by atoms with van der Waals surface area (Å²) in [6, 6.07) is 19.9. The molecule has 0 fully saturated rings. The lowest BCUT2D eigenvalue weighted by Gasteiger charge is -2.24. The van der Waals surface area contributed by atoms with Gasteiger partial charge in [0.05, 0.1) is 42.2 Å². The Bertz CT molecular complexity index is 2390. The molecule has 0 saturated carbocycles. The van der Waals surface area contributed by atoms with Crippen LogP contribution in [0.15, 0.2) is 78.0 Å². The number of hydrogen-bond acceptors (Lipinski definition) is 11. The zero-order valence-electron chi connectivity index (χ0n) is 26.2. The smallest absolute Gasteiger partial charge is 0.262 e. The Labute approximate surface area is 297 Å². The Hall–Kier alpha value is -3.81. The SMILES string of the molecule is CCN1/C(=C\C=C\c2sc3ccc(-c4csc5ccccc45)cc3[n+]2CCCS(=O)(=O)[O-])N(CCCS(=O)(=O)[O-])c2cc(C#N)c(Cl)cc21. The number of halogens is 1. The van der Waals surface area contributed by atoms with E-state index in [-0.39, 0.29) is 24.9 Å². The minimum absolute atomic E-state index is 0.0785. The van der Waals surface area contributed by atoms with E-state index < -0.39 is 31.7 Å². The van der Waals surface area contributed by atoms with Crippen molar-refractivity contribution in [3.8, 4) is 17.2 Å². The highest BCUT2D eigenvalue weighted by Crippen LogP contribution is 2.44. The zero-order valence-corrected chi connectivity index (χ0v) is 30.2. The van der Waals surface area contributed by atoms with Gasteiger partial charge in [0.2, 0.25) is 5.52 Å². The summed E-state index contributed by atoms with van der Waals surface area (Å²) < 4.78 is 72.7. The van der Waals surface area contributed by atoms with E-state index in [2.05, 4.69) is 35.7 Å². The number of fused-ring (bicyclic) bond motifs is 3. The third-order valence-electron chi connectivity index (χ3n) is 8.19. The van der Waals surface area contributed by atoms with E-state index in [0.29, 0.717) is 29.6 Å². The molecule has 1 aliphatic heterocycles. The van der Waals surface area contributed by atoms with Crippen molar-refractivity contribution >= 4 is 92.3 Å². The van der Waals surface area contributed by atoms with E-state index in [0.717, 1.165) is 37.4 Å². The number of hydrogen-bond donors (Lipinski definition) is 0. The van der Waals surface area contributed by atoms with Crippen molar-refractivity contribution in [2.75, 3.05) is 34.4 Å². The molecule has 3 aromatic carbocycles. The maximum absolute atomic E-state index is 11.5. The third-order valence-corrected chi connectivity index (χ3v) is 12.2. The molecule has 3 heterocycles. The molecule has 15 heteroatoms. The summed E-state index contributed by atoms with van der Waals surface area (Å²) in [7, 11) is -8.81. The average molecular weight is 754 g/mol. The Balaban J connectivity index is 1.40. The Morgan fingerprint density at radius 3 is 2.43 bits per heavy atom. The second kappa shape index (κ2) is 14.2. The van der Waals surface area contributed by atoms with E-state index in [1.807, 2.05) is 57.7 Å². The maximum Gasteiger partial charge on any atom is 0.262 e. The molecule has 6 rings (SSSR count). The molecule has 5 aromatic rings. The first kappa shape index (κ1) is 35.0. The largest absolute Gasteiger partial charge is 0.748 e. The molecule has 0 amide bonds. The number of aryl methyl sites for hydroxylation is 1. The summed E-state index contributed by atoms with van der Waals surface area (Å²) in [6.45, 7) is 3.02. The fraction of sp³-hybridized carbons (Fsp3) is 0.235. The lowest BCUT2D eigenvalue weighted by Crippen LogP contribution is -2.36. The molecule has 2 aromatic heterocycles. The van der Waals surface area contributed by atoms with Crippen LogP contribution >= 0.6 is 34.3 Å². The molecule has 0 spiro atoms. The van der Waals surface area contributed by atoms with Gasteiger partial charge >= 0.3 is 0 Å². The summed E-state index contributed by atoms with van der Waals surface area (Å²) in [5.74, 6) is -0.304. The highest BCUT2D eigenvalue weighted by molar-refractivity contribution is 7.85. The number of rotatable bonds is 12. The van der Waals surface area contributed by atoms with Gasteiger partial charge in [-0.05, 0) is 54.6 Å². The van der Waals surface area contributed by atoms with Crippen LogP contribution in [0.1, 0.15) is 30.3 Å². The van der Waals surface area contributed by atoms with Gasteiger partial charge in [0.1, 0.15) is 16.6 Å². The van der Waals surface area contributed by atoms with Crippen molar-refractivity contribution in [1.82, 2.24) is 0 Å². The highest BCUT2D eigenvalue weighted by atomic mass is 35.5. The first-order valence-electron chi connectivity index (χ1n) is 15.3. The van der Waals surface area contributed by atoms with E-state index in [1.165, 1.54) is 16.0 Å². The van der Waals surface area contributed by atoms with Gasteiger partial charge in [-0.25, -0.2) is 16.8 Å². The average Bonchev–Trinajstić information content (AvgIpc) is 3.71. The van der Waals surface area contributed by atoms with Crippen LogP contribution in [0, 0.1) is 11.3 Å². The van der Waals surface area contributed by atoms with Crippen LogP contribution in [-0.4, -0.2) is 50.5 Å². The van der Waals surface area contributed by atoms with Crippen LogP contribution in [0.5, 0.6) is 0 Å². The van der Waals surface area contributed by atoms with Crippen molar-refractivity contribution in [2.24, 2.45) is 0 Å². The van der Waals surface area contributed by atoms with E-state index in [4.69, 9.17) is 11.6 Å². The summed E-state index contributed by atoms with van der Waals surface area (Å²) in [6.07, 6.45) is 5.86. The van der Waals surface area contributed by atoms with Crippen LogP contribution in [0.25, 0.3) is 37.5 Å². The summed E-state index contributed by atoms with van der Waals surface area (Å²) in [4.78, 5) is 3.87. The van der Waals surface area contributed by atoms with Crippen LogP contribution in [0.3, 0.4) is 0 Å². The lowest BCUT2D eigenvalue weighted by molar-refractivity contribution is -0.668. The number of aromatic nitrogens is 1. The number of thiazole rings is 1. The fourth-order valence-corrected chi connectivity index (χ4v) is 9.27. The highest BCUT2D eigenvalue weighted by Gasteiger charge is 2.31. The van der Waals surface area contributed by atoms with Gasteiger partial charge in [0.15, 0.2) is 6.54 Å². The van der Waals surface area contributed by atoms with Crippen molar-refractivity contribution in [2.45, 2.75) is 26.3 Å². The van der Waals surface area contributed by atoms with Gasteiger partial charge in [0.25, 0.3) is 5.01 Å². The van der Waals surface area contributed by atoms with Gasteiger partial charge in [-0.1, -0.05) is 53.3 Å². The van der Waals surface area contributed by atoms with Gasteiger partial charge in [-0.15, -0.1) is 11.3 Å². The standard InChI is InChI=1S/C34H31ClN4O6S4/c1-2-37-29-20-27(35)24(21-36)19-28(29)38(14-6-16-48(40,41)42)33(37)10-5-11-34-39(15-7-17-49(43,44)45)30-18-23(12-13-32(30)47-34)26-22-46-31-9-4-3-8-25(26)31/h3-5,8-13,18-20,22H,2,6-7,14-17H2,1H3,(H-,40,41,42,43,44,45)/p-1. The number of benzene rings is 3. The number of anilines is 2. The quantitative estimate of drug-likeness (QED) is 0.101. The number of allylic oxidation sites excluding steroid dienone is 2. The van der Waals surface area contributed by atoms with Gasteiger partial charge < -0.3 is 18.9 Å². The number of thiophene rings is 1. The predicted octanol–water partition coefficient (Wildman–Crippen LogP) is 6.67. The third kappa shape index (κ3) is 7.68. The van der Waals surface area contributed by atoms with Gasteiger partial charge in [0, 0.05) is 58.8 Å². The molecule has 0 radical (unpaired) electrons. The van der Waals surface area contributed by atoms with Crippen LogP contribution < -0.4 is 14.4 Å². The molecule has 0 unspecified atom stereocenters. The molecular weight excluding hydrogens is 724 g/mol. The molecule has 254 valence electrons. The first-order chi connectivity index (χ1) is 23.4. The Morgan fingerprint density at radius 2 is 1.69 bits per heavy atom. The first-order valence-corrected chi connectivity index (χ1v) is 20.6.